The minimum atomic E-state index is -0.450. The second-order valence-electron chi connectivity index (χ2n) is 5.85. The van der Waals surface area contributed by atoms with Crippen molar-refractivity contribution in [2.45, 2.75) is 20.0 Å². The van der Waals surface area contributed by atoms with Gasteiger partial charge in [0.2, 0.25) is 0 Å². The lowest BCUT2D eigenvalue weighted by molar-refractivity contribution is -0.131. The summed E-state index contributed by atoms with van der Waals surface area (Å²) in [4.78, 5) is 26.0. The van der Waals surface area contributed by atoms with Crippen LogP contribution in [0.25, 0.3) is 10.9 Å². The normalized spacial score (nSPS) is 10.5. The van der Waals surface area contributed by atoms with Crippen LogP contribution in [0.1, 0.15) is 18.1 Å². The SMILES string of the molecule is CC(=O)Oc1ccc2[nH]cc(CCNC(=O)OCc3ccccc3)c2c1. The monoisotopic (exact) mass is 352 g/mol. The zero-order valence-electron chi connectivity index (χ0n) is 14.5. The van der Waals surface area contributed by atoms with Crippen molar-refractivity contribution in [3.63, 3.8) is 0 Å². The van der Waals surface area contributed by atoms with E-state index in [0.29, 0.717) is 18.7 Å². The fourth-order valence-corrected chi connectivity index (χ4v) is 2.67. The first-order valence-electron chi connectivity index (χ1n) is 8.35. The molecule has 0 saturated heterocycles. The van der Waals surface area contributed by atoms with Crippen molar-refractivity contribution in [3.05, 3.63) is 65.9 Å². The number of amides is 1. The number of nitrogens with one attached hydrogen (secondary N) is 2. The van der Waals surface area contributed by atoms with Crippen LogP contribution in [0.4, 0.5) is 4.79 Å². The van der Waals surface area contributed by atoms with Crippen molar-refractivity contribution in [3.8, 4) is 5.75 Å². The smallest absolute Gasteiger partial charge is 0.407 e. The van der Waals surface area contributed by atoms with Gasteiger partial charge in [-0.2, -0.15) is 0 Å². The van der Waals surface area contributed by atoms with Crippen molar-refractivity contribution in [1.82, 2.24) is 10.3 Å². The van der Waals surface area contributed by atoms with Gasteiger partial charge in [0.25, 0.3) is 0 Å². The van der Waals surface area contributed by atoms with Gasteiger partial charge in [0.05, 0.1) is 0 Å². The number of rotatable bonds is 6. The molecular weight excluding hydrogens is 332 g/mol. The summed E-state index contributed by atoms with van der Waals surface area (Å²) >= 11 is 0. The average molecular weight is 352 g/mol. The van der Waals surface area contributed by atoms with E-state index in [0.717, 1.165) is 22.0 Å². The van der Waals surface area contributed by atoms with Crippen molar-refractivity contribution >= 4 is 23.0 Å². The number of benzene rings is 2. The summed E-state index contributed by atoms with van der Waals surface area (Å²) in [5, 5.41) is 3.70. The maximum atomic E-state index is 11.8. The fraction of sp³-hybridized carbons (Fsp3) is 0.200. The van der Waals surface area contributed by atoms with Crippen molar-refractivity contribution in [2.24, 2.45) is 0 Å². The number of hydrogen-bond donors (Lipinski definition) is 2. The summed E-state index contributed by atoms with van der Waals surface area (Å²) < 4.78 is 10.3. The lowest BCUT2D eigenvalue weighted by Gasteiger charge is -2.07. The Bertz CT molecular complexity index is 903. The lowest BCUT2D eigenvalue weighted by Crippen LogP contribution is -2.26. The molecule has 0 atom stereocenters. The lowest BCUT2D eigenvalue weighted by atomic mass is 10.1. The highest BCUT2D eigenvalue weighted by Gasteiger charge is 2.08. The number of ether oxygens (including phenoxy) is 2. The highest BCUT2D eigenvalue weighted by atomic mass is 16.5. The number of esters is 1. The molecule has 6 heteroatoms. The molecule has 1 heterocycles. The molecule has 0 radical (unpaired) electrons. The van der Waals surface area contributed by atoms with E-state index in [9.17, 15) is 9.59 Å². The van der Waals surface area contributed by atoms with Gasteiger partial charge in [-0.3, -0.25) is 4.79 Å². The minimum Gasteiger partial charge on any atom is -0.445 e. The molecule has 1 aromatic heterocycles. The first-order chi connectivity index (χ1) is 12.6. The van der Waals surface area contributed by atoms with E-state index in [4.69, 9.17) is 9.47 Å². The third-order valence-electron chi connectivity index (χ3n) is 3.88. The second kappa shape index (κ2) is 8.20. The summed E-state index contributed by atoms with van der Waals surface area (Å²) in [5.74, 6) is 0.144. The second-order valence-corrected chi connectivity index (χ2v) is 5.85. The van der Waals surface area contributed by atoms with Gasteiger partial charge >= 0.3 is 12.1 Å². The van der Waals surface area contributed by atoms with E-state index in [2.05, 4.69) is 10.3 Å². The largest absolute Gasteiger partial charge is 0.445 e. The molecule has 2 N–H and O–H groups in total. The number of aromatic amines is 1. The predicted octanol–water partition coefficient (Wildman–Crippen LogP) is 3.56. The maximum Gasteiger partial charge on any atom is 0.407 e. The minimum absolute atomic E-state index is 0.242. The molecule has 6 nitrogen and oxygen atoms in total. The van der Waals surface area contributed by atoms with E-state index < -0.39 is 6.09 Å². The van der Waals surface area contributed by atoms with Gasteiger partial charge in [-0.15, -0.1) is 0 Å². The Morgan fingerprint density at radius 2 is 1.92 bits per heavy atom. The Hall–Kier alpha value is -3.28. The first-order valence-corrected chi connectivity index (χ1v) is 8.35. The highest BCUT2D eigenvalue weighted by molar-refractivity contribution is 5.85. The zero-order valence-corrected chi connectivity index (χ0v) is 14.5. The van der Waals surface area contributed by atoms with E-state index in [1.165, 1.54) is 6.92 Å². The number of aromatic nitrogens is 1. The van der Waals surface area contributed by atoms with Crippen LogP contribution in [0.15, 0.2) is 54.7 Å². The van der Waals surface area contributed by atoms with Gasteiger partial charge in [0, 0.05) is 30.6 Å². The van der Waals surface area contributed by atoms with Gasteiger partial charge in [-0.25, -0.2) is 4.79 Å². The standard InChI is InChI=1S/C20H20N2O4/c1-14(23)26-17-7-8-19-18(11-17)16(12-22-19)9-10-21-20(24)25-13-15-5-3-2-4-6-15/h2-8,11-12,22H,9-10,13H2,1H3,(H,21,24). The third kappa shape index (κ3) is 4.63. The van der Waals surface area contributed by atoms with E-state index in [-0.39, 0.29) is 12.6 Å². The predicted molar refractivity (Wildman–Crippen MR) is 97.9 cm³/mol. The summed E-state index contributed by atoms with van der Waals surface area (Å²) in [5.41, 5.74) is 2.91. The molecule has 0 bridgehead atoms. The molecule has 2 aromatic carbocycles. The highest BCUT2D eigenvalue weighted by Crippen LogP contribution is 2.24. The molecule has 134 valence electrons. The van der Waals surface area contributed by atoms with Crippen LogP contribution in [0.3, 0.4) is 0 Å². The maximum absolute atomic E-state index is 11.8. The summed E-state index contributed by atoms with van der Waals surface area (Å²) in [6.07, 6.45) is 2.07. The Labute approximate surface area is 151 Å². The van der Waals surface area contributed by atoms with Crippen LogP contribution in [-0.4, -0.2) is 23.6 Å². The van der Waals surface area contributed by atoms with Crippen LogP contribution >= 0.6 is 0 Å². The van der Waals surface area contributed by atoms with Crippen LogP contribution in [0.2, 0.25) is 0 Å². The molecule has 0 aliphatic carbocycles. The van der Waals surface area contributed by atoms with Crippen LogP contribution in [-0.2, 0) is 22.6 Å². The molecule has 0 fully saturated rings. The zero-order chi connectivity index (χ0) is 18.4. The number of carbonyl (C=O) groups is 2. The summed E-state index contributed by atoms with van der Waals surface area (Å²) in [6.45, 7) is 2.05. The Balaban J connectivity index is 1.52. The molecule has 3 rings (SSSR count). The van der Waals surface area contributed by atoms with Gasteiger partial charge in [0.1, 0.15) is 12.4 Å². The molecular formula is C20H20N2O4. The molecule has 0 unspecified atom stereocenters. The number of alkyl carbamates (subject to hydrolysis) is 1. The molecule has 0 aliphatic rings. The number of fused-ring (bicyclic) bond motifs is 1. The summed E-state index contributed by atoms with van der Waals surface area (Å²) in [6, 6.07) is 14.9. The third-order valence-corrected chi connectivity index (χ3v) is 3.88. The number of H-pyrrole nitrogens is 1. The quantitative estimate of drug-likeness (QED) is 0.525. The topological polar surface area (TPSA) is 80.4 Å². The van der Waals surface area contributed by atoms with Crippen LogP contribution in [0.5, 0.6) is 5.75 Å². The van der Waals surface area contributed by atoms with Gasteiger partial charge in [-0.05, 0) is 35.7 Å². The number of hydrogen-bond acceptors (Lipinski definition) is 4. The Kier molecular flexibility index (Phi) is 5.53. The molecule has 0 saturated carbocycles. The Morgan fingerprint density at radius 1 is 1.12 bits per heavy atom. The molecule has 0 aliphatic heterocycles. The van der Waals surface area contributed by atoms with Gasteiger partial charge < -0.3 is 19.8 Å². The van der Waals surface area contributed by atoms with Crippen molar-refractivity contribution < 1.29 is 19.1 Å². The molecule has 1 amide bonds. The van der Waals surface area contributed by atoms with E-state index >= 15 is 0 Å². The first kappa shape index (κ1) is 17.5. The number of carbonyl (C=O) groups excluding carboxylic acids is 2. The van der Waals surface area contributed by atoms with Crippen molar-refractivity contribution in [1.29, 1.82) is 0 Å². The van der Waals surface area contributed by atoms with E-state index in [1.807, 2.05) is 48.7 Å². The fourth-order valence-electron chi connectivity index (χ4n) is 2.67. The van der Waals surface area contributed by atoms with E-state index in [1.54, 1.807) is 6.07 Å². The van der Waals surface area contributed by atoms with Gasteiger partial charge in [0.15, 0.2) is 0 Å². The molecule has 26 heavy (non-hydrogen) atoms. The van der Waals surface area contributed by atoms with Crippen molar-refractivity contribution in [2.75, 3.05) is 6.54 Å². The van der Waals surface area contributed by atoms with Crippen LogP contribution < -0.4 is 10.1 Å². The average Bonchev–Trinajstić information content (AvgIpc) is 3.03. The summed E-state index contributed by atoms with van der Waals surface area (Å²) in [7, 11) is 0. The Morgan fingerprint density at radius 3 is 2.69 bits per heavy atom. The van der Waals surface area contributed by atoms with Gasteiger partial charge in [-0.1, -0.05) is 30.3 Å². The molecule has 3 aromatic rings. The van der Waals surface area contributed by atoms with Crippen LogP contribution in [0, 0.1) is 0 Å². The molecule has 0 spiro atoms.